The van der Waals surface area contributed by atoms with Gasteiger partial charge in [0.15, 0.2) is 5.96 Å². The van der Waals surface area contributed by atoms with Crippen molar-refractivity contribution in [3.05, 3.63) is 18.2 Å². The van der Waals surface area contributed by atoms with Crippen LogP contribution in [0, 0.1) is 0 Å². The molecule has 0 atom stereocenters. The Morgan fingerprint density at radius 3 is 3.00 bits per heavy atom. The maximum Gasteiger partial charge on any atom is 0.191 e. The van der Waals surface area contributed by atoms with Gasteiger partial charge in [-0.3, -0.25) is 0 Å². The second kappa shape index (κ2) is 3.92. The lowest BCUT2D eigenvalue weighted by Crippen LogP contribution is -2.34. The SMILES string of the molecule is CN(Cc1nccn1C)C(N)=NC1CC1. The molecule has 0 radical (unpaired) electrons. The zero-order chi connectivity index (χ0) is 10.8. The minimum Gasteiger partial charge on any atom is -0.370 e. The summed E-state index contributed by atoms with van der Waals surface area (Å²) in [5.41, 5.74) is 5.86. The largest absolute Gasteiger partial charge is 0.370 e. The summed E-state index contributed by atoms with van der Waals surface area (Å²) in [5.74, 6) is 1.60. The molecule has 0 aromatic carbocycles. The van der Waals surface area contributed by atoms with Crippen LogP contribution in [0.4, 0.5) is 0 Å². The number of guanidine groups is 1. The molecular weight excluding hydrogens is 190 g/mol. The van der Waals surface area contributed by atoms with Crippen molar-refractivity contribution in [2.24, 2.45) is 17.8 Å². The maximum absolute atomic E-state index is 5.86. The lowest BCUT2D eigenvalue weighted by Gasteiger charge is -2.17. The van der Waals surface area contributed by atoms with Crippen molar-refractivity contribution in [1.29, 1.82) is 0 Å². The van der Waals surface area contributed by atoms with E-state index >= 15 is 0 Å². The Hall–Kier alpha value is -1.52. The average Bonchev–Trinajstić information content (AvgIpc) is 2.92. The number of aliphatic imine (C=N–C) groups is 1. The molecule has 15 heavy (non-hydrogen) atoms. The van der Waals surface area contributed by atoms with Gasteiger partial charge in [-0.2, -0.15) is 0 Å². The highest BCUT2D eigenvalue weighted by atomic mass is 15.3. The van der Waals surface area contributed by atoms with Crippen LogP contribution in [0.2, 0.25) is 0 Å². The zero-order valence-electron chi connectivity index (χ0n) is 9.22. The molecule has 1 saturated carbocycles. The lowest BCUT2D eigenvalue weighted by atomic mass is 10.5. The molecule has 2 N–H and O–H groups in total. The molecule has 0 bridgehead atoms. The van der Waals surface area contributed by atoms with Gasteiger partial charge in [0, 0.05) is 26.5 Å². The Labute approximate surface area is 89.6 Å². The van der Waals surface area contributed by atoms with Gasteiger partial charge < -0.3 is 15.2 Å². The molecule has 1 aliphatic rings. The van der Waals surface area contributed by atoms with Gasteiger partial charge >= 0.3 is 0 Å². The maximum atomic E-state index is 5.86. The molecule has 0 spiro atoms. The number of rotatable bonds is 3. The fraction of sp³-hybridized carbons (Fsp3) is 0.600. The number of hydrogen-bond acceptors (Lipinski definition) is 2. The standard InChI is InChI=1S/C10H17N5/c1-14-6-5-12-9(14)7-15(2)10(11)13-8-3-4-8/h5-6,8H,3-4,7H2,1-2H3,(H2,11,13). The third-order valence-corrected chi connectivity index (χ3v) is 2.55. The molecule has 82 valence electrons. The van der Waals surface area contributed by atoms with E-state index in [2.05, 4.69) is 9.98 Å². The number of aryl methyl sites for hydroxylation is 1. The molecule has 2 rings (SSSR count). The first-order valence-corrected chi connectivity index (χ1v) is 5.17. The van der Waals surface area contributed by atoms with E-state index in [0.717, 1.165) is 5.82 Å². The highest BCUT2D eigenvalue weighted by Crippen LogP contribution is 2.23. The van der Waals surface area contributed by atoms with E-state index < -0.39 is 0 Å². The fourth-order valence-electron chi connectivity index (χ4n) is 1.33. The van der Waals surface area contributed by atoms with Crippen molar-refractivity contribution >= 4 is 5.96 Å². The van der Waals surface area contributed by atoms with Crippen LogP contribution in [-0.4, -0.2) is 33.5 Å². The third kappa shape index (κ3) is 2.49. The third-order valence-electron chi connectivity index (χ3n) is 2.55. The van der Waals surface area contributed by atoms with Gasteiger partial charge in [0.25, 0.3) is 0 Å². The Bertz CT molecular complexity index is 364. The van der Waals surface area contributed by atoms with E-state index in [1.54, 1.807) is 6.20 Å². The monoisotopic (exact) mass is 207 g/mol. The number of nitrogens with zero attached hydrogens (tertiary/aromatic N) is 4. The van der Waals surface area contributed by atoms with Crippen molar-refractivity contribution in [2.45, 2.75) is 25.4 Å². The summed E-state index contributed by atoms with van der Waals surface area (Å²) in [6.07, 6.45) is 6.07. The molecule has 0 aliphatic heterocycles. The first-order valence-electron chi connectivity index (χ1n) is 5.17. The Balaban J connectivity index is 1.96. The van der Waals surface area contributed by atoms with Gasteiger partial charge in [0.05, 0.1) is 12.6 Å². The van der Waals surface area contributed by atoms with Crippen molar-refractivity contribution in [3.8, 4) is 0 Å². The normalized spacial score (nSPS) is 16.8. The van der Waals surface area contributed by atoms with Crippen LogP contribution in [0.25, 0.3) is 0 Å². The van der Waals surface area contributed by atoms with Gasteiger partial charge in [0.1, 0.15) is 5.82 Å². The van der Waals surface area contributed by atoms with Gasteiger partial charge in [-0.1, -0.05) is 0 Å². The number of aromatic nitrogens is 2. The summed E-state index contributed by atoms with van der Waals surface area (Å²) in [6, 6.07) is 0.467. The minimum absolute atomic E-state index is 0.467. The lowest BCUT2D eigenvalue weighted by molar-refractivity contribution is 0.466. The van der Waals surface area contributed by atoms with Crippen LogP contribution < -0.4 is 5.73 Å². The predicted molar refractivity (Wildman–Crippen MR) is 59.3 cm³/mol. The first-order chi connectivity index (χ1) is 7.16. The average molecular weight is 207 g/mol. The van der Waals surface area contributed by atoms with Crippen LogP contribution in [0.1, 0.15) is 18.7 Å². The molecule has 0 amide bonds. The zero-order valence-corrected chi connectivity index (χ0v) is 9.22. The van der Waals surface area contributed by atoms with Crippen LogP contribution in [-0.2, 0) is 13.6 Å². The molecule has 1 aromatic heterocycles. The van der Waals surface area contributed by atoms with Crippen LogP contribution in [0.5, 0.6) is 0 Å². The Kier molecular flexibility index (Phi) is 2.62. The van der Waals surface area contributed by atoms with E-state index in [1.807, 2.05) is 29.8 Å². The Morgan fingerprint density at radius 2 is 2.47 bits per heavy atom. The molecular formula is C10H17N5. The summed E-state index contributed by atoms with van der Waals surface area (Å²) in [4.78, 5) is 10.6. The predicted octanol–water partition coefficient (Wildman–Crippen LogP) is 0.329. The molecule has 5 nitrogen and oxygen atoms in total. The van der Waals surface area contributed by atoms with E-state index in [-0.39, 0.29) is 0 Å². The number of hydrogen-bond donors (Lipinski definition) is 1. The molecule has 1 heterocycles. The van der Waals surface area contributed by atoms with E-state index in [4.69, 9.17) is 5.73 Å². The van der Waals surface area contributed by atoms with Gasteiger partial charge in [-0.05, 0) is 12.8 Å². The van der Waals surface area contributed by atoms with E-state index in [0.29, 0.717) is 18.5 Å². The minimum atomic E-state index is 0.467. The van der Waals surface area contributed by atoms with Crippen molar-refractivity contribution in [1.82, 2.24) is 14.5 Å². The van der Waals surface area contributed by atoms with Crippen molar-refractivity contribution < 1.29 is 0 Å². The summed E-state index contributed by atoms with van der Waals surface area (Å²) < 4.78 is 1.99. The van der Waals surface area contributed by atoms with E-state index in [1.165, 1.54) is 12.8 Å². The highest BCUT2D eigenvalue weighted by Gasteiger charge is 2.21. The topological polar surface area (TPSA) is 59.4 Å². The van der Waals surface area contributed by atoms with Crippen molar-refractivity contribution in [3.63, 3.8) is 0 Å². The molecule has 1 aliphatic carbocycles. The van der Waals surface area contributed by atoms with Crippen LogP contribution in [0.3, 0.4) is 0 Å². The second-order valence-electron chi connectivity index (χ2n) is 4.03. The Morgan fingerprint density at radius 1 is 1.73 bits per heavy atom. The molecule has 1 fully saturated rings. The van der Waals surface area contributed by atoms with Crippen molar-refractivity contribution in [2.75, 3.05) is 7.05 Å². The fourth-order valence-corrected chi connectivity index (χ4v) is 1.33. The smallest absolute Gasteiger partial charge is 0.191 e. The number of nitrogens with two attached hydrogens (primary N) is 1. The van der Waals surface area contributed by atoms with Gasteiger partial charge in [0.2, 0.25) is 0 Å². The van der Waals surface area contributed by atoms with Crippen LogP contribution in [0.15, 0.2) is 17.4 Å². The second-order valence-corrected chi connectivity index (χ2v) is 4.03. The first kappa shape index (κ1) is 10.0. The summed E-state index contributed by atoms with van der Waals surface area (Å²) in [6.45, 7) is 0.700. The van der Waals surface area contributed by atoms with Crippen LogP contribution >= 0.6 is 0 Å². The van der Waals surface area contributed by atoms with E-state index in [9.17, 15) is 0 Å². The number of imidazole rings is 1. The molecule has 1 aromatic rings. The summed E-state index contributed by atoms with van der Waals surface area (Å²) in [5, 5.41) is 0. The van der Waals surface area contributed by atoms with Gasteiger partial charge in [-0.25, -0.2) is 9.98 Å². The molecule has 0 unspecified atom stereocenters. The summed E-state index contributed by atoms with van der Waals surface area (Å²) in [7, 11) is 3.92. The quantitative estimate of drug-likeness (QED) is 0.574. The summed E-state index contributed by atoms with van der Waals surface area (Å²) >= 11 is 0. The van der Waals surface area contributed by atoms with Gasteiger partial charge in [-0.15, -0.1) is 0 Å². The molecule has 0 saturated heterocycles. The molecule has 5 heteroatoms. The highest BCUT2D eigenvalue weighted by molar-refractivity contribution is 5.78.